The molecule has 0 spiro atoms. The van der Waals surface area contributed by atoms with Gasteiger partial charge in [-0.1, -0.05) is 18.2 Å². The van der Waals surface area contributed by atoms with E-state index < -0.39 is 11.9 Å². The Hall–Kier alpha value is -2.53. The molecule has 20 heavy (non-hydrogen) atoms. The van der Waals surface area contributed by atoms with Crippen LogP contribution in [0.3, 0.4) is 0 Å². The first-order chi connectivity index (χ1) is 9.75. The Morgan fingerprint density at radius 3 is 2.65 bits per heavy atom. The molecule has 5 heteroatoms. The molecule has 3 rings (SSSR count). The second kappa shape index (κ2) is 5.22. The summed E-state index contributed by atoms with van der Waals surface area (Å²) in [7, 11) is 0. The molecule has 0 aliphatic heterocycles. The minimum atomic E-state index is -0.608. The number of hydrogen-bond donors (Lipinski definition) is 1. The summed E-state index contributed by atoms with van der Waals surface area (Å²) in [6, 6.07) is 12.4. The largest absolute Gasteiger partial charge is 0.319 e. The molecule has 4 nitrogen and oxygen atoms in total. The number of benzene rings is 1. The van der Waals surface area contributed by atoms with E-state index in [1.807, 2.05) is 36.5 Å². The van der Waals surface area contributed by atoms with E-state index in [-0.39, 0.29) is 0 Å². The third-order valence-corrected chi connectivity index (χ3v) is 3.09. The zero-order chi connectivity index (χ0) is 13.9. The van der Waals surface area contributed by atoms with Crippen molar-refractivity contribution in [2.75, 3.05) is 0 Å². The van der Waals surface area contributed by atoms with E-state index in [1.165, 1.54) is 6.20 Å². The highest BCUT2D eigenvalue weighted by Gasteiger charge is 2.16. The molecule has 1 aromatic carbocycles. The summed E-state index contributed by atoms with van der Waals surface area (Å²) < 4.78 is 15.4. The van der Waals surface area contributed by atoms with Gasteiger partial charge in [0.05, 0.1) is 23.6 Å². The Balaban J connectivity index is 1.93. The van der Waals surface area contributed by atoms with Crippen molar-refractivity contribution in [2.24, 2.45) is 5.73 Å². The van der Waals surface area contributed by atoms with Crippen LogP contribution in [0.2, 0.25) is 0 Å². The van der Waals surface area contributed by atoms with Gasteiger partial charge in [0.1, 0.15) is 5.82 Å². The Morgan fingerprint density at radius 2 is 1.90 bits per heavy atom. The summed E-state index contributed by atoms with van der Waals surface area (Å²) in [5.41, 5.74) is 7.99. The highest BCUT2D eigenvalue weighted by molar-refractivity contribution is 5.32. The molecular weight excluding hydrogens is 255 g/mol. The summed E-state index contributed by atoms with van der Waals surface area (Å²) in [4.78, 5) is 3.72. The second-order valence-electron chi connectivity index (χ2n) is 4.40. The number of nitrogens with two attached hydrogens (primary N) is 1. The molecular formula is C15H13FN4. The average molecular weight is 268 g/mol. The summed E-state index contributed by atoms with van der Waals surface area (Å²) in [6.45, 7) is 0. The van der Waals surface area contributed by atoms with Crippen LogP contribution in [0.4, 0.5) is 4.39 Å². The molecule has 1 unspecified atom stereocenters. The number of halogens is 1. The van der Waals surface area contributed by atoms with Crippen molar-refractivity contribution in [2.45, 2.75) is 6.04 Å². The lowest BCUT2D eigenvalue weighted by atomic mass is 10.1. The van der Waals surface area contributed by atoms with Crippen LogP contribution in [-0.4, -0.2) is 14.8 Å². The van der Waals surface area contributed by atoms with Crippen molar-refractivity contribution in [3.63, 3.8) is 0 Å². The molecule has 1 atom stereocenters. The van der Waals surface area contributed by atoms with Gasteiger partial charge in [0.15, 0.2) is 0 Å². The minimum Gasteiger partial charge on any atom is -0.319 e. The van der Waals surface area contributed by atoms with Crippen LogP contribution < -0.4 is 5.73 Å². The van der Waals surface area contributed by atoms with Crippen molar-refractivity contribution in [1.82, 2.24) is 14.8 Å². The first-order valence-corrected chi connectivity index (χ1v) is 6.21. The highest BCUT2D eigenvalue weighted by Crippen LogP contribution is 2.20. The average Bonchev–Trinajstić information content (AvgIpc) is 2.98. The van der Waals surface area contributed by atoms with Gasteiger partial charge in [-0.25, -0.2) is 9.07 Å². The SMILES string of the molecule is NC(c1ccn(-c2ccccc2)n1)c1ccncc1F. The predicted octanol–water partition coefficient (Wildman–Crippen LogP) is 2.45. The number of aromatic nitrogens is 3. The van der Waals surface area contributed by atoms with Crippen molar-refractivity contribution in [3.05, 3.63) is 78.1 Å². The smallest absolute Gasteiger partial charge is 0.146 e. The lowest BCUT2D eigenvalue weighted by molar-refractivity contribution is 0.589. The molecule has 0 saturated heterocycles. The number of pyridine rings is 1. The van der Waals surface area contributed by atoms with Gasteiger partial charge in [0, 0.05) is 18.0 Å². The van der Waals surface area contributed by atoms with E-state index in [0.29, 0.717) is 11.3 Å². The van der Waals surface area contributed by atoms with Gasteiger partial charge in [-0.15, -0.1) is 0 Å². The van der Waals surface area contributed by atoms with Gasteiger partial charge in [-0.3, -0.25) is 4.98 Å². The molecule has 2 N–H and O–H groups in total. The van der Waals surface area contributed by atoms with E-state index >= 15 is 0 Å². The molecule has 2 aromatic heterocycles. The van der Waals surface area contributed by atoms with Crippen LogP contribution in [0, 0.1) is 5.82 Å². The van der Waals surface area contributed by atoms with Gasteiger partial charge >= 0.3 is 0 Å². The zero-order valence-electron chi connectivity index (χ0n) is 10.6. The predicted molar refractivity (Wildman–Crippen MR) is 73.8 cm³/mol. The molecule has 0 amide bonds. The maximum absolute atomic E-state index is 13.7. The normalized spacial score (nSPS) is 12.3. The lowest BCUT2D eigenvalue weighted by Crippen LogP contribution is -2.15. The van der Waals surface area contributed by atoms with Gasteiger partial charge in [0.2, 0.25) is 0 Å². The standard InChI is InChI=1S/C15H13FN4/c16-13-10-18-8-6-12(13)15(17)14-7-9-20(19-14)11-4-2-1-3-5-11/h1-10,15H,17H2. The first-order valence-electron chi connectivity index (χ1n) is 6.21. The Morgan fingerprint density at radius 1 is 1.10 bits per heavy atom. The van der Waals surface area contributed by atoms with Gasteiger partial charge < -0.3 is 5.73 Å². The third-order valence-electron chi connectivity index (χ3n) is 3.09. The summed E-state index contributed by atoms with van der Waals surface area (Å²) >= 11 is 0. The quantitative estimate of drug-likeness (QED) is 0.793. The fourth-order valence-corrected chi connectivity index (χ4v) is 2.03. The van der Waals surface area contributed by atoms with E-state index in [1.54, 1.807) is 16.8 Å². The van der Waals surface area contributed by atoms with E-state index in [4.69, 9.17) is 5.73 Å². The van der Waals surface area contributed by atoms with Crippen LogP contribution >= 0.6 is 0 Å². The lowest BCUT2D eigenvalue weighted by Gasteiger charge is -2.09. The number of rotatable bonds is 3. The highest BCUT2D eigenvalue weighted by atomic mass is 19.1. The number of hydrogen-bond acceptors (Lipinski definition) is 3. The fraction of sp³-hybridized carbons (Fsp3) is 0.0667. The Kier molecular flexibility index (Phi) is 3.26. The van der Waals surface area contributed by atoms with Gasteiger partial charge in [-0.05, 0) is 24.3 Å². The van der Waals surface area contributed by atoms with Crippen LogP contribution in [0.5, 0.6) is 0 Å². The van der Waals surface area contributed by atoms with Crippen LogP contribution in [0.15, 0.2) is 61.1 Å². The molecule has 0 fully saturated rings. The number of para-hydroxylation sites is 1. The molecule has 0 bridgehead atoms. The molecule has 0 saturated carbocycles. The topological polar surface area (TPSA) is 56.7 Å². The molecule has 0 aliphatic carbocycles. The molecule has 2 heterocycles. The van der Waals surface area contributed by atoms with E-state index in [2.05, 4.69) is 10.1 Å². The molecule has 0 radical (unpaired) electrons. The maximum atomic E-state index is 13.7. The monoisotopic (exact) mass is 268 g/mol. The Bertz CT molecular complexity index is 709. The fourth-order valence-electron chi connectivity index (χ4n) is 2.03. The van der Waals surface area contributed by atoms with Gasteiger partial charge in [0.25, 0.3) is 0 Å². The van der Waals surface area contributed by atoms with E-state index in [0.717, 1.165) is 11.9 Å². The van der Waals surface area contributed by atoms with Crippen molar-refractivity contribution in [1.29, 1.82) is 0 Å². The third kappa shape index (κ3) is 2.31. The maximum Gasteiger partial charge on any atom is 0.146 e. The molecule has 0 aliphatic rings. The summed E-state index contributed by atoms with van der Waals surface area (Å²) in [6.07, 6.45) is 4.49. The molecule has 100 valence electrons. The molecule has 3 aromatic rings. The van der Waals surface area contributed by atoms with Crippen LogP contribution in [0.1, 0.15) is 17.3 Å². The second-order valence-corrected chi connectivity index (χ2v) is 4.40. The minimum absolute atomic E-state index is 0.387. The number of nitrogens with zero attached hydrogens (tertiary/aromatic N) is 3. The van der Waals surface area contributed by atoms with Crippen molar-refractivity contribution >= 4 is 0 Å². The first kappa shape index (κ1) is 12.5. The van der Waals surface area contributed by atoms with Crippen LogP contribution in [0.25, 0.3) is 5.69 Å². The Labute approximate surface area is 115 Å². The summed E-state index contributed by atoms with van der Waals surface area (Å²) in [5, 5.41) is 4.40. The summed E-state index contributed by atoms with van der Waals surface area (Å²) in [5.74, 6) is -0.422. The van der Waals surface area contributed by atoms with E-state index in [9.17, 15) is 4.39 Å². The van der Waals surface area contributed by atoms with Gasteiger partial charge in [-0.2, -0.15) is 5.10 Å². The van der Waals surface area contributed by atoms with Crippen molar-refractivity contribution in [3.8, 4) is 5.69 Å². The van der Waals surface area contributed by atoms with Crippen LogP contribution in [-0.2, 0) is 0 Å². The van der Waals surface area contributed by atoms with Crippen molar-refractivity contribution < 1.29 is 4.39 Å². The zero-order valence-corrected chi connectivity index (χ0v) is 10.6.